The average Bonchev–Trinajstić information content (AvgIpc) is 2.22. The fraction of sp³-hybridized carbons (Fsp3) is 0.500. The van der Waals surface area contributed by atoms with Crippen molar-refractivity contribution in [2.24, 2.45) is 0 Å². The number of hydrogen-bond donors (Lipinski definition) is 1. The van der Waals surface area contributed by atoms with Gasteiger partial charge >= 0.3 is 0 Å². The molecule has 0 fully saturated rings. The third kappa shape index (κ3) is 4.65. The maximum Gasteiger partial charge on any atom is 0.0451 e. The number of hydrogen-bond acceptors (Lipinski definition) is 2. The van der Waals surface area contributed by atoms with Gasteiger partial charge in [0.1, 0.15) is 0 Å². The lowest BCUT2D eigenvalue weighted by molar-refractivity contribution is 0.326. The van der Waals surface area contributed by atoms with Gasteiger partial charge in [-0.3, -0.25) is 0 Å². The minimum Gasteiger partial charge on any atom is -0.316 e. The highest BCUT2D eigenvalue weighted by atomic mass is 35.5. The van der Waals surface area contributed by atoms with E-state index in [1.165, 1.54) is 5.56 Å². The van der Waals surface area contributed by atoms with E-state index < -0.39 is 0 Å². The maximum absolute atomic E-state index is 6.09. The molecule has 0 spiro atoms. The van der Waals surface area contributed by atoms with Crippen molar-refractivity contribution in [3.8, 4) is 0 Å². The Kier molecular flexibility index (Phi) is 5.69. The summed E-state index contributed by atoms with van der Waals surface area (Å²) >= 11 is 6.09. The molecule has 0 amide bonds. The first-order valence-electron chi connectivity index (χ1n) is 5.36. The molecule has 0 aliphatic heterocycles. The lowest BCUT2D eigenvalue weighted by atomic mass is 10.2. The molecule has 0 saturated heterocycles. The molecule has 1 aromatic carbocycles. The molecule has 0 heterocycles. The third-order valence-electron chi connectivity index (χ3n) is 2.32. The van der Waals surface area contributed by atoms with Gasteiger partial charge in [0, 0.05) is 24.7 Å². The molecule has 0 saturated carbocycles. The van der Waals surface area contributed by atoms with Crippen molar-refractivity contribution < 1.29 is 0 Å². The Labute approximate surface area is 97.2 Å². The van der Waals surface area contributed by atoms with E-state index in [0.29, 0.717) is 0 Å². The number of nitrogens with one attached hydrogen (secondary N) is 1. The second kappa shape index (κ2) is 6.83. The predicted molar refractivity (Wildman–Crippen MR) is 66.3 cm³/mol. The van der Waals surface area contributed by atoms with Gasteiger partial charge in [0.25, 0.3) is 0 Å². The Balaban J connectivity index is 2.37. The molecule has 1 N–H and O–H groups in total. The van der Waals surface area contributed by atoms with E-state index >= 15 is 0 Å². The second-order valence-electron chi connectivity index (χ2n) is 3.68. The van der Waals surface area contributed by atoms with Gasteiger partial charge in [0.15, 0.2) is 0 Å². The molecule has 0 aliphatic rings. The van der Waals surface area contributed by atoms with E-state index in [2.05, 4.69) is 30.3 Å². The molecule has 2 nitrogen and oxygen atoms in total. The lowest BCUT2D eigenvalue weighted by Gasteiger charge is -2.17. The van der Waals surface area contributed by atoms with Gasteiger partial charge in [0.2, 0.25) is 0 Å². The van der Waals surface area contributed by atoms with E-state index in [4.69, 9.17) is 11.6 Å². The number of likely N-dealkylation sites (N-methyl/N-ethyl adjacent to an activating group) is 2. The molecule has 0 unspecified atom stereocenters. The van der Waals surface area contributed by atoms with Crippen molar-refractivity contribution in [2.45, 2.75) is 13.5 Å². The first kappa shape index (κ1) is 12.5. The summed E-state index contributed by atoms with van der Waals surface area (Å²) in [5.74, 6) is 0. The summed E-state index contributed by atoms with van der Waals surface area (Å²) in [6, 6.07) is 8.00. The van der Waals surface area contributed by atoms with Crippen molar-refractivity contribution >= 4 is 11.6 Å². The van der Waals surface area contributed by atoms with Crippen LogP contribution in [0, 0.1) is 0 Å². The summed E-state index contributed by atoms with van der Waals surface area (Å²) < 4.78 is 0. The van der Waals surface area contributed by atoms with E-state index in [1.54, 1.807) is 0 Å². The van der Waals surface area contributed by atoms with Crippen molar-refractivity contribution in [1.29, 1.82) is 0 Å². The fourth-order valence-corrected chi connectivity index (χ4v) is 1.64. The van der Waals surface area contributed by atoms with Crippen molar-refractivity contribution in [2.75, 3.05) is 26.7 Å². The number of nitrogens with zero attached hydrogens (tertiary/aromatic N) is 1. The molecule has 0 bridgehead atoms. The summed E-state index contributed by atoms with van der Waals surface area (Å²) in [6.07, 6.45) is 0. The summed E-state index contributed by atoms with van der Waals surface area (Å²) in [4.78, 5) is 2.27. The van der Waals surface area contributed by atoms with Gasteiger partial charge in [-0.05, 0) is 25.2 Å². The highest BCUT2D eigenvalue weighted by Crippen LogP contribution is 2.15. The highest BCUT2D eigenvalue weighted by Gasteiger charge is 2.02. The summed E-state index contributed by atoms with van der Waals surface area (Å²) in [7, 11) is 2.11. The quantitative estimate of drug-likeness (QED) is 0.750. The Bertz CT molecular complexity index is 289. The van der Waals surface area contributed by atoms with Crippen LogP contribution in [0.2, 0.25) is 5.02 Å². The van der Waals surface area contributed by atoms with E-state index in [-0.39, 0.29) is 0 Å². The molecular formula is C12H19ClN2. The molecule has 0 atom stereocenters. The van der Waals surface area contributed by atoms with Gasteiger partial charge in [-0.15, -0.1) is 0 Å². The molecule has 0 radical (unpaired) electrons. The lowest BCUT2D eigenvalue weighted by Crippen LogP contribution is -2.28. The molecule has 15 heavy (non-hydrogen) atoms. The Hall–Kier alpha value is -0.570. The third-order valence-corrected chi connectivity index (χ3v) is 2.69. The van der Waals surface area contributed by atoms with Crippen LogP contribution in [0.1, 0.15) is 12.5 Å². The predicted octanol–water partition coefficient (Wildman–Crippen LogP) is 2.38. The molecule has 1 aromatic rings. The molecule has 84 valence electrons. The van der Waals surface area contributed by atoms with Crippen molar-refractivity contribution in [1.82, 2.24) is 10.2 Å². The van der Waals surface area contributed by atoms with Crippen LogP contribution in [-0.4, -0.2) is 31.6 Å². The van der Waals surface area contributed by atoms with Crippen LogP contribution >= 0.6 is 11.6 Å². The zero-order valence-corrected chi connectivity index (χ0v) is 10.2. The van der Waals surface area contributed by atoms with Gasteiger partial charge < -0.3 is 10.2 Å². The number of halogens is 1. The molecule has 0 aliphatic carbocycles. The van der Waals surface area contributed by atoms with Crippen LogP contribution in [0.5, 0.6) is 0 Å². The largest absolute Gasteiger partial charge is 0.316 e. The SMILES string of the molecule is CCNCCN(C)Cc1ccccc1Cl. The van der Waals surface area contributed by atoms with Crippen LogP contribution in [0.15, 0.2) is 24.3 Å². The molecule has 1 rings (SSSR count). The zero-order valence-electron chi connectivity index (χ0n) is 9.46. The summed E-state index contributed by atoms with van der Waals surface area (Å²) in [5.41, 5.74) is 1.19. The van der Waals surface area contributed by atoms with E-state index in [1.807, 2.05) is 18.2 Å². The zero-order chi connectivity index (χ0) is 11.1. The maximum atomic E-state index is 6.09. The van der Waals surface area contributed by atoms with Crippen molar-refractivity contribution in [3.63, 3.8) is 0 Å². The van der Waals surface area contributed by atoms with Crippen LogP contribution in [-0.2, 0) is 6.54 Å². The number of benzene rings is 1. The highest BCUT2D eigenvalue weighted by molar-refractivity contribution is 6.31. The molecule has 3 heteroatoms. The van der Waals surface area contributed by atoms with Gasteiger partial charge in [0.05, 0.1) is 0 Å². The van der Waals surface area contributed by atoms with Crippen LogP contribution in [0.3, 0.4) is 0 Å². The van der Waals surface area contributed by atoms with Gasteiger partial charge in [-0.2, -0.15) is 0 Å². The molecule has 0 aromatic heterocycles. The van der Waals surface area contributed by atoms with Gasteiger partial charge in [-0.1, -0.05) is 36.7 Å². The standard InChI is InChI=1S/C12H19ClN2/c1-3-14-8-9-15(2)10-11-6-4-5-7-12(11)13/h4-7,14H,3,8-10H2,1-2H3. The van der Waals surface area contributed by atoms with Crippen molar-refractivity contribution in [3.05, 3.63) is 34.9 Å². The summed E-state index contributed by atoms with van der Waals surface area (Å²) in [6.45, 7) is 6.12. The van der Waals surface area contributed by atoms with E-state index in [0.717, 1.165) is 31.2 Å². The Morgan fingerprint density at radius 3 is 2.73 bits per heavy atom. The van der Waals surface area contributed by atoms with Crippen LogP contribution < -0.4 is 5.32 Å². The molecular weight excluding hydrogens is 208 g/mol. The first-order valence-corrected chi connectivity index (χ1v) is 5.74. The summed E-state index contributed by atoms with van der Waals surface area (Å²) in [5, 5.41) is 4.16. The first-order chi connectivity index (χ1) is 7.24. The topological polar surface area (TPSA) is 15.3 Å². The van der Waals surface area contributed by atoms with E-state index in [9.17, 15) is 0 Å². The Morgan fingerprint density at radius 2 is 2.07 bits per heavy atom. The average molecular weight is 227 g/mol. The minimum absolute atomic E-state index is 0.854. The second-order valence-corrected chi connectivity index (χ2v) is 4.09. The van der Waals surface area contributed by atoms with Crippen LogP contribution in [0.25, 0.3) is 0 Å². The normalized spacial score (nSPS) is 10.9. The number of rotatable bonds is 6. The fourth-order valence-electron chi connectivity index (χ4n) is 1.44. The van der Waals surface area contributed by atoms with Gasteiger partial charge in [-0.25, -0.2) is 0 Å². The monoisotopic (exact) mass is 226 g/mol. The minimum atomic E-state index is 0.854. The smallest absolute Gasteiger partial charge is 0.0451 e. The Morgan fingerprint density at radius 1 is 1.33 bits per heavy atom. The van der Waals surface area contributed by atoms with Crippen LogP contribution in [0.4, 0.5) is 0 Å².